The van der Waals surface area contributed by atoms with E-state index >= 15 is 0 Å². The van der Waals surface area contributed by atoms with Crippen LogP contribution in [0.4, 0.5) is 27.1 Å². The zero-order chi connectivity index (χ0) is 18.0. The predicted octanol–water partition coefficient (Wildman–Crippen LogP) is 2.65. The first-order valence-corrected chi connectivity index (χ1v) is 7.87. The molecule has 1 saturated heterocycles. The van der Waals surface area contributed by atoms with Gasteiger partial charge < -0.3 is 20.3 Å². The maximum Gasteiger partial charge on any atom is 0.295 e. The van der Waals surface area contributed by atoms with Crippen molar-refractivity contribution in [3.8, 4) is 5.75 Å². The molecule has 0 aromatic heterocycles. The number of para-hydroxylation sites is 2. The molecule has 3 rings (SSSR count). The Morgan fingerprint density at radius 1 is 1.12 bits per heavy atom. The third kappa shape index (κ3) is 3.28. The second kappa shape index (κ2) is 6.84. The van der Waals surface area contributed by atoms with Crippen molar-refractivity contribution in [3.63, 3.8) is 0 Å². The lowest BCUT2D eigenvalue weighted by atomic mass is 10.1. The average Bonchev–Trinajstić information content (AvgIpc) is 2.63. The fraction of sp³-hybridized carbons (Fsp3) is 0.294. The molecule has 0 spiro atoms. The van der Waals surface area contributed by atoms with Crippen molar-refractivity contribution in [2.45, 2.75) is 0 Å². The van der Waals surface area contributed by atoms with Crippen LogP contribution < -0.4 is 20.3 Å². The quantitative estimate of drug-likeness (QED) is 0.520. The number of rotatable bonds is 4. The van der Waals surface area contributed by atoms with E-state index in [2.05, 4.69) is 4.90 Å². The van der Waals surface area contributed by atoms with Gasteiger partial charge in [0.2, 0.25) is 0 Å². The molecule has 1 fully saturated rings. The Hall–Kier alpha value is -3.03. The molecule has 2 N–H and O–H groups in total. The Morgan fingerprint density at radius 2 is 1.72 bits per heavy atom. The van der Waals surface area contributed by atoms with Gasteiger partial charge in [-0.3, -0.25) is 10.1 Å². The molecule has 25 heavy (non-hydrogen) atoms. The van der Waals surface area contributed by atoms with Crippen LogP contribution in [0.25, 0.3) is 0 Å². The lowest BCUT2D eigenvalue weighted by Gasteiger charge is -2.37. The molecule has 0 saturated carbocycles. The van der Waals surface area contributed by atoms with Gasteiger partial charge in [0.05, 0.1) is 29.5 Å². The van der Waals surface area contributed by atoms with Crippen LogP contribution in [0.5, 0.6) is 5.75 Å². The van der Waals surface area contributed by atoms with Crippen molar-refractivity contribution in [1.82, 2.24) is 0 Å². The Bertz CT molecular complexity index is 791. The summed E-state index contributed by atoms with van der Waals surface area (Å²) in [6.45, 7) is 2.51. The predicted molar refractivity (Wildman–Crippen MR) is 94.9 cm³/mol. The molecule has 0 aliphatic carbocycles. The molecule has 1 heterocycles. The number of nitro benzene ring substituents is 1. The van der Waals surface area contributed by atoms with Gasteiger partial charge in [0.15, 0.2) is 5.82 Å². The Morgan fingerprint density at radius 3 is 2.32 bits per heavy atom. The van der Waals surface area contributed by atoms with Crippen LogP contribution in [0.3, 0.4) is 0 Å². The fourth-order valence-corrected chi connectivity index (χ4v) is 3.05. The molecular weight excluding hydrogens is 327 g/mol. The number of nitrogens with zero attached hydrogens (tertiary/aromatic N) is 3. The third-order valence-electron chi connectivity index (χ3n) is 4.34. The van der Waals surface area contributed by atoms with Crippen LogP contribution in [0.2, 0.25) is 0 Å². The van der Waals surface area contributed by atoms with Gasteiger partial charge in [0.25, 0.3) is 5.69 Å². The maximum absolute atomic E-state index is 14.3. The molecule has 2 aromatic rings. The number of methoxy groups -OCH3 is 1. The van der Waals surface area contributed by atoms with Gasteiger partial charge in [-0.15, -0.1) is 0 Å². The number of piperazine rings is 1. The second-order valence-corrected chi connectivity index (χ2v) is 5.77. The SMILES string of the molecule is COc1ccccc1N1CCN(c2cc(N)c([N+](=O)[O-])cc2F)CC1. The highest BCUT2D eigenvalue weighted by Crippen LogP contribution is 2.33. The summed E-state index contributed by atoms with van der Waals surface area (Å²) in [7, 11) is 1.63. The molecule has 0 bridgehead atoms. The van der Waals surface area contributed by atoms with Gasteiger partial charge >= 0.3 is 0 Å². The minimum atomic E-state index is -0.679. The number of nitro groups is 1. The van der Waals surface area contributed by atoms with E-state index in [1.54, 1.807) is 7.11 Å². The third-order valence-corrected chi connectivity index (χ3v) is 4.34. The molecule has 132 valence electrons. The molecule has 8 heteroatoms. The Kier molecular flexibility index (Phi) is 4.60. The van der Waals surface area contributed by atoms with E-state index in [-0.39, 0.29) is 5.69 Å². The summed E-state index contributed by atoms with van der Waals surface area (Å²) in [5, 5.41) is 10.8. The number of ether oxygens (including phenoxy) is 1. The van der Waals surface area contributed by atoms with Crippen LogP contribution in [0.15, 0.2) is 36.4 Å². The van der Waals surface area contributed by atoms with Crippen LogP contribution in [0, 0.1) is 15.9 Å². The topological polar surface area (TPSA) is 84.9 Å². The highest BCUT2D eigenvalue weighted by molar-refractivity contribution is 5.68. The summed E-state index contributed by atoms with van der Waals surface area (Å²) in [6.07, 6.45) is 0. The summed E-state index contributed by atoms with van der Waals surface area (Å²) in [5.41, 5.74) is 6.54. The summed E-state index contributed by atoms with van der Waals surface area (Å²) in [6, 6.07) is 9.97. The summed E-state index contributed by atoms with van der Waals surface area (Å²) in [4.78, 5) is 14.2. The van der Waals surface area contributed by atoms with Gasteiger partial charge in [-0.1, -0.05) is 12.1 Å². The number of hydrogen-bond donors (Lipinski definition) is 1. The lowest BCUT2D eigenvalue weighted by molar-refractivity contribution is -0.384. The summed E-state index contributed by atoms with van der Waals surface area (Å²) >= 11 is 0. The van der Waals surface area contributed by atoms with Gasteiger partial charge in [0.1, 0.15) is 11.4 Å². The average molecular weight is 346 g/mol. The smallest absolute Gasteiger partial charge is 0.295 e. The number of halogens is 1. The van der Waals surface area contributed by atoms with Crippen molar-refractivity contribution in [2.75, 3.05) is 48.8 Å². The Labute approximate surface area is 144 Å². The summed E-state index contributed by atoms with van der Waals surface area (Å²) < 4.78 is 19.7. The minimum absolute atomic E-state index is 0.0337. The number of benzene rings is 2. The number of nitrogens with two attached hydrogens (primary N) is 1. The van der Waals surface area contributed by atoms with Gasteiger partial charge in [-0.2, -0.15) is 0 Å². The van der Waals surface area contributed by atoms with Crippen molar-refractivity contribution in [1.29, 1.82) is 0 Å². The molecule has 2 aromatic carbocycles. The first kappa shape index (κ1) is 16.8. The molecular formula is C17H19FN4O3. The van der Waals surface area contributed by atoms with Crippen molar-refractivity contribution < 1.29 is 14.1 Å². The van der Waals surface area contributed by atoms with Gasteiger partial charge in [0, 0.05) is 26.2 Å². The standard InChI is InChI=1S/C17H19FN4O3/c1-25-17-5-3-2-4-14(17)20-6-8-21(9-7-20)15-11-13(19)16(22(23)24)10-12(15)18/h2-5,10-11H,6-9,19H2,1H3. The minimum Gasteiger partial charge on any atom is -0.495 e. The highest BCUT2D eigenvalue weighted by atomic mass is 19.1. The molecule has 0 radical (unpaired) electrons. The zero-order valence-electron chi connectivity index (χ0n) is 13.8. The first-order valence-electron chi connectivity index (χ1n) is 7.87. The van der Waals surface area contributed by atoms with E-state index in [1.807, 2.05) is 29.2 Å². The van der Waals surface area contributed by atoms with Crippen LogP contribution in [-0.2, 0) is 0 Å². The van der Waals surface area contributed by atoms with Gasteiger partial charge in [-0.25, -0.2) is 4.39 Å². The molecule has 0 unspecified atom stereocenters. The highest BCUT2D eigenvalue weighted by Gasteiger charge is 2.24. The van der Waals surface area contributed by atoms with Crippen LogP contribution in [-0.4, -0.2) is 38.2 Å². The molecule has 0 atom stereocenters. The maximum atomic E-state index is 14.3. The van der Waals surface area contributed by atoms with E-state index in [9.17, 15) is 14.5 Å². The normalized spacial score (nSPS) is 14.5. The number of anilines is 3. The lowest BCUT2D eigenvalue weighted by Crippen LogP contribution is -2.47. The molecule has 1 aliphatic heterocycles. The van der Waals surface area contributed by atoms with E-state index in [4.69, 9.17) is 10.5 Å². The largest absolute Gasteiger partial charge is 0.495 e. The van der Waals surface area contributed by atoms with E-state index in [0.29, 0.717) is 31.9 Å². The second-order valence-electron chi connectivity index (χ2n) is 5.77. The van der Waals surface area contributed by atoms with E-state index < -0.39 is 16.4 Å². The molecule has 0 amide bonds. The van der Waals surface area contributed by atoms with E-state index in [1.165, 1.54) is 6.07 Å². The monoisotopic (exact) mass is 346 g/mol. The number of nitrogen functional groups attached to an aromatic ring is 1. The zero-order valence-corrected chi connectivity index (χ0v) is 13.8. The van der Waals surface area contributed by atoms with Crippen LogP contribution >= 0.6 is 0 Å². The first-order chi connectivity index (χ1) is 12.0. The van der Waals surface area contributed by atoms with Crippen molar-refractivity contribution >= 4 is 22.7 Å². The van der Waals surface area contributed by atoms with Crippen LogP contribution in [0.1, 0.15) is 0 Å². The van der Waals surface area contributed by atoms with Crippen molar-refractivity contribution in [2.24, 2.45) is 0 Å². The number of hydrogen-bond acceptors (Lipinski definition) is 6. The van der Waals surface area contributed by atoms with E-state index in [0.717, 1.165) is 17.5 Å². The fourth-order valence-electron chi connectivity index (χ4n) is 3.05. The summed E-state index contributed by atoms with van der Waals surface area (Å²) in [5.74, 6) is 0.161. The molecule has 1 aliphatic rings. The molecule has 7 nitrogen and oxygen atoms in total. The van der Waals surface area contributed by atoms with Gasteiger partial charge in [-0.05, 0) is 18.2 Å². The Balaban J connectivity index is 1.77. The van der Waals surface area contributed by atoms with Crippen molar-refractivity contribution in [3.05, 3.63) is 52.3 Å².